The number of ether oxygens (including phenoxy) is 1. The van der Waals surface area contributed by atoms with Crippen molar-refractivity contribution in [2.75, 3.05) is 44.3 Å². The molecular formula is C19H30N6O2. The van der Waals surface area contributed by atoms with Gasteiger partial charge in [-0.15, -0.1) is 0 Å². The van der Waals surface area contributed by atoms with Crippen LogP contribution in [0.5, 0.6) is 0 Å². The summed E-state index contributed by atoms with van der Waals surface area (Å²) < 4.78 is 7.28. The van der Waals surface area contributed by atoms with Crippen LogP contribution in [0.15, 0.2) is 6.20 Å². The van der Waals surface area contributed by atoms with Crippen LogP contribution in [0.4, 0.5) is 5.82 Å². The Hall–Kier alpha value is -1.77. The monoisotopic (exact) mass is 374 g/mol. The minimum absolute atomic E-state index is 0.110. The summed E-state index contributed by atoms with van der Waals surface area (Å²) in [6, 6.07) is 0.110. The number of hydrogen-bond acceptors (Lipinski definition) is 7. The Kier molecular flexibility index (Phi) is 4.82. The lowest BCUT2D eigenvalue weighted by atomic mass is 9.95. The largest absolute Gasteiger partial charge is 0.389 e. The molecule has 0 bridgehead atoms. The van der Waals surface area contributed by atoms with Gasteiger partial charge in [0.1, 0.15) is 11.6 Å². The molecule has 2 saturated heterocycles. The minimum Gasteiger partial charge on any atom is -0.389 e. The van der Waals surface area contributed by atoms with Crippen LogP contribution >= 0.6 is 0 Å². The first-order chi connectivity index (χ1) is 12.8. The molecule has 0 saturated carbocycles. The van der Waals surface area contributed by atoms with Crippen molar-refractivity contribution >= 4 is 16.9 Å². The van der Waals surface area contributed by atoms with Gasteiger partial charge < -0.3 is 14.7 Å². The summed E-state index contributed by atoms with van der Waals surface area (Å²) in [5.41, 5.74) is 0.752. The molecule has 0 amide bonds. The number of aliphatic hydroxyl groups is 1. The molecule has 2 atom stereocenters. The van der Waals surface area contributed by atoms with Gasteiger partial charge >= 0.3 is 0 Å². The molecule has 0 radical (unpaired) electrons. The molecule has 148 valence electrons. The van der Waals surface area contributed by atoms with Crippen molar-refractivity contribution in [1.29, 1.82) is 0 Å². The Morgan fingerprint density at radius 2 is 1.93 bits per heavy atom. The predicted molar refractivity (Wildman–Crippen MR) is 104 cm³/mol. The summed E-state index contributed by atoms with van der Waals surface area (Å²) in [5, 5.41) is 15.6. The Balaban J connectivity index is 1.64. The van der Waals surface area contributed by atoms with Gasteiger partial charge in [-0.2, -0.15) is 5.10 Å². The molecule has 8 nitrogen and oxygen atoms in total. The van der Waals surface area contributed by atoms with E-state index in [9.17, 15) is 5.11 Å². The molecule has 4 heterocycles. The second-order valence-corrected chi connectivity index (χ2v) is 8.68. The molecule has 1 N–H and O–H groups in total. The summed E-state index contributed by atoms with van der Waals surface area (Å²) in [6.07, 6.45) is 2.52. The van der Waals surface area contributed by atoms with Crippen LogP contribution in [-0.2, 0) is 17.2 Å². The number of aliphatic hydroxyl groups excluding tert-OH is 1. The molecule has 2 aromatic rings. The van der Waals surface area contributed by atoms with E-state index in [1.807, 2.05) is 17.9 Å². The fourth-order valence-corrected chi connectivity index (χ4v) is 3.95. The lowest BCUT2D eigenvalue weighted by molar-refractivity contribution is 0.0859. The first kappa shape index (κ1) is 18.6. The summed E-state index contributed by atoms with van der Waals surface area (Å²) in [7, 11) is 1.93. The lowest BCUT2D eigenvalue weighted by Crippen LogP contribution is -2.44. The topological polar surface area (TPSA) is 79.5 Å². The summed E-state index contributed by atoms with van der Waals surface area (Å²) in [5.74, 6) is 1.82. The standard InChI is InChI=1S/C19H30N6O2/c1-19(2,3)18-21-16-13(10-20-23(16)4)17(22-18)25-7-5-6-24(8-9-25)14-11-27-12-15(14)26/h10,14-15,26H,5-9,11-12H2,1-4H3/t14-,15-/m1/s1. The SMILES string of the molecule is Cn1ncc2c(N3CCCN([C@@H]4COC[C@H]4O)CC3)nc(C(C)(C)C)nc21. The average molecular weight is 374 g/mol. The van der Waals surface area contributed by atoms with Gasteiger partial charge in [0, 0.05) is 38.6 Å². The second-order valence-electron chi connectivity index (χ2n) is 8.68. The van der Waals surface area contributed by atoms with Gasteiger partial charge in [-0.1, -0.05) is 20.8 Å². The highest BCUT2D eigenvalue weighted by Gasteiger charge is 2.33. The number of nitrogens with zero attached hydrogens (tertiary/aromatic N) is 6. The van der Waals surface area contributed by atoms with E-state index in [1.54, 1.807) is 0 Å². The van der Waals surface area contributed by atoms with E-state index < -0.39 is 0 Å². The van der Waals surface area contributed by atoms with Crippen molar-refractivity contribution in [2.24, 2.45) is 7.05 Å². The van der Waals surface area contributed by atoms with E-state index in [1.165, 1.54) is 0 Å². The quantitative estimate of drug-likeness (QED) is 0.838. The molecule has 4 rings (SSSR count). The molecule has 2 aliphatic heterocycles. The van der Waals surface area contributed by atoms with Crippen molar-refractivity contribution in [2.45, 2.75) is 44.8 Å². The normalized spacial score (nSPS) is 25.3. The van der Waals surface area contributed by atoms with Gasteiger partial charge in [0.15, 0.2) is 5.65 Å². The van der Waals surface area contributed by atoms with Crippen molar-refractivity contribution in [3.05, 3.63) is 12.0 Å². The van der Waals surface area contributed by atoms with Crippen LogP contribution in [0.2, 0.25) is 0 Å². The molecule has 27 heavy (non-hydrogen) atoms. The van der Waals surface area contributed by atoms with Crippen LogP contribution < -0.4 is 4.90 Å². The van der Waals surface area contributed by atoms with Crippen molar-refractivity contribution < 1.29 is 9.84 Å². The number of rotatable bonds is 2. The van der Waals surface area contributed by atoms with Gasteiger partial charge in [0.2, 0.25) is 0 Å². The highest BCUT2D eigenvalue weighted by Crippen LogP contribution is 2.29. The smallest absolute Gasteiger partial charge is 0.163 e. The van der Waals surface area contributed by atoms with Crippen LogP contribution in [0.1, 0.15) is 33.0 Å². The maximum absolute atomic E-state index is 10.2. The minimum atomic E-state index is -0.381. The first-order valence-electron chi connectivity index (χ1n) is 9.79. The van der Waals surface area contributed by atoms with Crippen LogP contribution in [0.25, 0.3) is 11.0 Å². The zero-order valence-electron chi connectivity index (χ0n) is 16.7. The van der Waals surface area contributed by atoms with Crippen molar-refractivity contribution in [1.82, 2.24) is 24.6 Å². The molecule has 0 unspecified atom stereocenters. The molecule has 8 heteroatoms. The zero-order chi connectivity index (χ0) is 19.2. The first-order valence-corrected chi connectivity index (χ1v) is 9.79. The highest BCUT2D eigenvalue weighted by atomic mass is 16.5. The van der Waals surface area contributed by atoms with Gasteiger partial charge in [0.25, 0.3) is 0 Å². The molecule has 0 aliphatic carbocycles. The van der Waals surface area contributed by atoms with E-state index in [2.05, 4.69) is 35.7 Å². The van der Waals surface area contributed by atoms with Crippen LogP contribution in [0.3, 0.4) is 0 Å². The van der Waals surface area contributed by atoms with Gasteiger partial charge in [-0.3, -0.25) is 9.58 Å². The molecule has 2 fully saturated rings. The third-order valence-corrected chi connectivity index (χ3v) is 5.56. The van der Waals surface area contributed by atoms with Gasteiger partial charge in [-0.05, 0) is 6.42 Å². The zero-order valence-corrected chi connectivity index (χ0v) is 16.7. The number of hydrogen-bond donors (Lipinski definition) is 1. The Bertz CT molecular complexity index is 814. The van der Waals surface area contributed by atoms with E-state index in [-0.39, 0.29) is 17.6 Å². The Labute approximate surface area is 160 Å². The summed E-state index contributed by atoms with van der Waals surface area (Å²) in [6.45, 7) is 11.1. The lowest BCUT2D eigenvalue weighted by Gasteiger charge is -2.29. The van der Waals surface area contributed by atoms with E-state index >= 15 is 0 Å². The average Bonchev–Trinajstić information content (AvgIpc) is 3.12. The Morgan fingerprint density at radius 1 is 1.11 bits per heavy atom. The summed E-state index contributed by atoms with van der Waals surface area (Å²) in [4.78, 5) is 14.4. The fourth-order valence-electron chi connectivity index (χ4n) is 3.95. The number of aryl methyl sites for hydroxylation is 1. The molecule has 0 aromatic carbocycles. The summed E-state index contributed by atoms with van der Waals surface area (Å²) >= 11 is 0. The van der Waals surface area contributed by atoms with E-state index in [0.717, 1.165) is 55.3 Å². The molecule has 2 aromatic heterocycles. The van der Waals surface area contributed by atoms with Gasteiger partial charge in [0.05, 0.1) is 36.9 Å². The number of fused-ring (bicyclic) bond motifs is 1. The van der Waals surface area contributed by atoms with Crippen molar-refractivity contribution in [3.63, 3.8) is 0 Å². The van der Waals surface area contributed by atoms with Crippen molar-refractivity contribution in [3.8, 4) is 0 Å². The Morgan fingerprint density at radius 3 is 2.63 bits per heavy atom. The number of aromatic nitrogens is 4. The molecule has 2 aliphatic rings. The second kappa shape index (κ2) is 7.00. The predicted octanol–water partition coefficient (Wildman–Crippen LogP) is 0.933. The third kappa shape index (κ3) is 3.53. The van der Waals surface area contributed by atoms with Gasteiger partial charge in [-0.25, -0.2) is 9.97 Å². The molecule has 0 spiro atoms. The highest BCUT2D eigenvalue weighted by molar-refractivity contribution is 5.87. The third-order valence-electron chi connectivity index (χ3n) is 5.56. The maximum atomic E-state index is 10.2. The molecular weight excluding hydrogens is 344 g/mol. The number of anilines is 1. The van der Waals surface area contributed by atoms with E-state index in [4.69, 9.17) is 14.7 Å². The van der Waals surface area contributed by atoms with E-state index in [0.29, 0.717) is 13.2 Å². The maximum Gasteiger partial charge on any atom is 0.163 e. The van der Waals surface area contributed by atoms with Crippen LogP contribution in [0, 0.1) is 0 Å². The van der Waals surface area contributed by atoms with Crippen LogP contribution in [-0.4, -0.2) is 81.3 Å². The fraction of sp³-hybridized carbons (Fsp3) is 0.737.